The van der Waals surface area contributed by atoms with Gasteiger partial charge in [-0.2, -0.15) is 13.2 Å². The average Bonchev–Trinajstić information content (AvgIpc) is 2.72. The molecule has 8 heteroatoms. The first kappa shape index (κ1) is 21.3. The normalized spacial score (nSPS) is 15.9. The Kier molecular flexibility index (Phi) is 6.57. The second-order valence-electron chi connectivity index (χ2n) is 6.81. The summed E-state index contributed by atoms with van der Waals surface area (Å²) in [7, 11) is 0. The molecule has 29 heavy (non-hydrogen) atoms. The minimum Gasteiger partial charge on any atom is -0.479 e. The van der Waals surface area contributed by atoms with E-state index in [4.69, 9.17) is 16.3 Å². The van der Waals surface area contributed by atoms with Crippen LogP contribution in [0.25, 0.3) is 0 Å². The zero-order valence-corrected chi connectivity index (χ0v) is 16.7. The highest BCUT2D eigenvalue weighted by Gasteiger charge is 2.32. The van der Waals surface area contributed by atoms with Crippen molar-refractivity contribution >= 4 is 23.2 Å². The fourth-order valence-corrected chi connectivity index (χ4v) is 3.45. The molecule has 1 amide bonds. The van der Waals surface area contributed by atoms with Crippen LogP contribution in [0.5, 0.6) is 5.75 Å². The molecule has 156 valence electrons. The van der Waals surface area contributed by atoms with Gasteiger partial charge >= 0.3 is 6.18 Å². The van der Waals surface area contributed by atoms with E-state index in [-0.39, 0.29) is 5.91 Å². The van der Waals surface area contributed by atoms with Crippen LogP contribution in [0.4, 0.5) is 18.9 Å². The summed E-state index contributed by atoms with van der Waals surface area (Å²) in [6.45, 7) is 3.60. The van der Waals surface area contributed by atoms with Crippen molar-refractivity contribution in [2.75, 3.05) is 31.1 Å². The molecule has 0 bridgehead atoms. The number of piperazine rings is 1. The Morgan fingerprint density at radius 2 is 1.79 bits per heavy atom. The summed E-state index contributed by atoms with van der Waals surface area (Å²) in [5.74, 6) is 0.313. The molecular formula is C21H22ClF3N2O2. The van der Waals surface area contributed by atoms with Gasteiger partial charge in [-0.25, -0.2) is 0 Å². The maximum absolute atomic E-state index is 12.9. The zero-order chi connectivity index (χ0) is 21.0. The first-order valence-corrected chi connectivity index (χ1v) is 9.79. The lowest BCUT2D eigenvalue weighted by molar-refractivity contribution is -0.139. The van der Waals surface area contributed by atoms with Gasteiger partial charge in [0.15, 0.2) is 6.10 Å². The lowest BCUT2D eigenvalue weighted by atomic mass is 10.1. The van der Waals surface area contributed by atoms with Crippen molar-refractivity contribution in [1.82, 2.24) is 4.90 Å². The molecule has 0 aliphatic carbocycles. The van der Waals surface area contributed by atoms with Crippen LogP contribution >= 0.6 is 11.6 Å². The largest absolute Gasteiger partial charge is 0.479 e. The number of nitrogens with zero attached hydrogens (tertiary/aromatic N) is 2. The zero-order valence-electron chi connectivity index (χ0n) is 16.0. The average molecular weight is 427 g/mol. The Labute approximate surface area is 172 Å². The second kappa shape index (κ2) is 8.95. The predicted octanol–water partition coefficient (Wildman–Crippen LogP) is 4.87. The number of ether oxygens (including phenoxy) is 1. The number of amides is 1. The number of benzene rings is 2. The molecule has 0 radical (unpaired) electrons. The molecule has 1 heterocycles. The number of halogens is 4. The third-order valence-corrected chi connectivity index (χ3v) is 5.19. The Morgan fingerprint density at radius 1 is 1.10 bits per heavy atom. The Hall–Kier alpha value is -2.41. The molecule has 0 spiro atoms. The summed E-state index contributed by atoms with van der Waals surface area (Å²) in [6, 6.07) is 12.2. The monoisotopic (exact) mass is 426 g/mol. The lowest BCUT2D eigenvalue weighted by Crippen LogP contribution is -2.52. The van der Waals surface area contributed by atoms with Crippen molar-refractivity contribution in [2.45, 2.75) is 25.6 Å². The van der Waals surface area contributed by atoms with Gasteiger partial charge in [0.1, 0.15) is 5.75 Å². The van der Waals surface area contributed by atoms with E-state index in [1.54, 1.807) is 35.2 Å². The Morgan fingerprint density at radius 3 is 2.41 bits per heavy atom. The minimum absolute atomic E-state index is 0.142. The van der Waals surface area contributed by atoms with Crippen molar-refractivity contribution in [3.63, 3.8) is 0 Å². The van der Waals surface area contributed by atoms with E-state index in [1.165, 1.54) is 6.07 Å². The fraction of sp³-hybridized carbons (Fsp3) is 0.381. The lowest BCUT2D eigenvalue weighted by Gasteiger charge is -2.37. The SMILES string of the molecule is CCC(Oc1ccccc1Cl)C(=O)N1CCN(c2cccc(C(F)(F)F)c2)CC1. The summed E-state index contributed by atoms with van der Waals surface area (Å²) >= 11 is 6.11. The van der Waals surface area contributed by atoms with Crippen LogP contribution in [0.1, 0.15) is 18.9 Å². The van der Waals surface area contributed by atoms with Crippen molar-refractivity contribution in [2.24, 2.45) is 0 Å². The van der Waals surface area contributed by atoms with Crippen molar-refractivity contribution in [3.05, 3.63) is 59.1 Å². The van der Waals surface area contributed by atoms with Crippen LogP contribution in [0.15, 0.2) is 48.5 Å². The number of para-hydroxylation sites is 1. The number of rotatable bonds is 5. The summed E-state index contributed by atoms with van der Waals surface area (Å²) in [6.07, 6.45) is -4.55. The first-order valence-electron chi connectivity index (χ1n) is 9.41. The number of alkyl halides is 3. The molecule has 3 rings (SSSR count). The maximum Gasteiger partial charge on any atom is 0.416 e. The third-order valence-electron chi connectivity index (χ3n) is 4.88. The standard InChI is InChI=1S/C21H22ClF3N2O2/c1-2-18(29-19-9-4-3-8-17(19)22)20(28)27-12-10-26(11-13-27)16-7-5-6-15(14-16)21(23,24)25/h3-9,14,18H,2,10-13H2,1H3. The number of hydrogen-bond acceptors (Lipinski definition) is 3. The third kappa shape index (κ3) is 5.15. The highest BCUT2D eigenvalue weighted by Crippen LogP contribution is 2.32. The maximum atomic E-state index is 12.9. The van der Waals surface area contributed by atoms with Crippen LogP contribution in [-0.4, -0.2) is 43.1 Å². The van der Waals surface area contributed by atoms with E-state index >= 15 is 0 Å². The minimum atomic E-state index is -4.38. The number of anilines is 1. The van der Waals surface area contributed by atoms with Crippen LogP contribution in [0, 0.1) is 0 Å². The van der Waals surface area contributed by atoms with E-state index in [2.05, 4.69) is 0 Å². The molecule has 1 fully saturated rings. The van der Waals surface area contributed by atoms with E-state index in [0.717, 1.165) is 12.1 Å². The summed E-state index contributed by atoms with van der Waals surface area (Å²) in [5.41, 5.74) is -0.168. The molecule has 1 atom stereocenters. The molecule has 2 aromatic rings. The van der Waals surface area contributed by atoms with E-state index < -0.39 is 17.8 Å². The molecule has 2 aromatic carbocycles. The summed E-state index contributed by atoms with van der Waals surface area (Å²) in [5, 5.41) is 0.438. The predicted molar refractivity (Wildman–Crippen MR) is 106 cm³/mol. The molecule has 0 saturated carbocycles. The van der Waals surface area contributed by atoms with Gasteiger partial charge in [0.25, 0.3) is 5.91 Å². The molecule has 0 aromatic heterocycles. The van der Waals surface area contributed by atoms with Gasteiger partial charge in [-0.05, 0) is 36.8 Å². The number of carbonyl (C=O) groups excluding carboxylic acids is 1. The molecule has 1 unspecified atom stereocenters. The van der Waals surface area contributed by atoms with Crippen LogP contribution in [-0.2, 0) is 11.0 Å². The smallest absolute Gasteiger partial charge is 0.416 e. The molecule has 4 nitrogen and oxygen atoms in total. The highest BCUT2D eigenvalue weighted by molar-refractivity contribution is 6.32. The van der Waals surface area contributed by atoms with Gasteiger partial charge in [0.05, 0.1) is 10.6 Å². The summed E-state index contributed by atoms with van der Waals surface area (Å²) < 4.78 is 44.6. The van der Waals surface area contributed by atoms with Crippen LogP contribution < -0.4 is 9.64 Å². The van der Waals surface area contributed by atoms with Gasteiger partial charge in [-0.1, -0.05) is 36.7 Å². The van der Waals surface area contributed by atoms with Gasteiger partial charge in [0, 0.05) is 31.9 Å². The summed E-state index contributed by atoms with van der Waals surface area (Å²) in [4.78, 5) is 16.4. The number of carbonyl (C=O) groups is 1. The van der Waals surface area contributed by atoms with Crippen LogP contribution in [0.2, 0.25) is 5.02 Å². The van der Waals surface area contributed by atoms with E-state index in [0.29, 0.717) is 49.1 Å². The molecule has 1 aliphatic heterocycles. The molecular weight excluding hydrogens is 405 g/mol. The van der Waals surface area contributed by atoms with E-state index in [1.807, 2.05) is 11.8 Å². The second-order valence-corrected chi connectivity index (χ2v) is 7.21. The highest BCUT2D eigenvalue weighted by atomic mass is 35.5. The molecule has 1 saturated heterocycles. The Bertz CT molecular complexity index is 852. The van der Waals surface area contributed by atoms with Gasteiger partial charge in [0.2, 0.25) is 0 Å². The molecule has 1 aliphatic rings. The van der Waals surface area contributed by atoms with Crippen molar-refractivity contribution < 1.29 is 22.7 Å². The number of hydrogen-bond donors (Lipinski definition) is 0. The Balaban J connectivity index is 1.62. The van der Waals surface area contributed by atoms with Crippen molar-refractivity contribution in [3.8, 4) is 5.75 Å². The quantitative estimate of drug-likeness (QED) is 0.684. The van der Waals surface area contributed by atoms with Gasteiger partial charge < -0.3 is 14.5 Å². The van der Waals surface area contributed by atoms with Crippen LogP contribution in [0.3, 0.4) is 0 Å². The van der Waals surface area contributed by atoms with Gasteiger partial charge in [-0.15, -0.1) is 0 Å². The van der Waals surface area contributed by atoms with Gasteiger partial charge in [-0.3, -0.25) is 4.79 Å². The molecule has 0 N–H and O–H groups in total. The first-order chi connectivity index (χ1) is 13.8. The van der Waals surface area contributed by atoms with E-state index in [9.17, 15) is 18.0 Å². The topological polar surface area (TPSA) is 32.8 Å². The fourth-order valence-electron chi connectivity index (χ4n) is 3.27. The van der Waals surface area contributed by atoms with Crippen molar-refractivity contribution in [1.29, 1.82) is 0 Å².